The minimum absolute atomic E-state index is 0.176. The van der Waals surface area contributed by atoms with Crippen LogP contribution in [0.3, 0.4) is 0 Å². The summed E-state index contributed by atoms with van der Waals surface area (Å²) in [5.74, 6) is 1.02. The lowest BCUT2D eigenvalue weighted by Crippen LogP contribution is -2.17. The quantitative estimate of drug-likeness (QED) is 0.677. The van der Waals surface area contributed by atoms with E-state index in [1.165, 1.54) is 11.3 Å². The van der Waals surface area contributed by atoms with Crippen molar-refractivity contribution < 1.29 is 14.3 Å². The Morgan fingerprint density at radius 1 is 1.19 bits per heavy atom. The molecule has 0 aliphatic rings. The van der Waals surface area contributed by atoms with Gasteiger partial charge in [-0.2, -0.15) is 0 Å². The minimum Gasteiger partial charge on any atom is -0.496 e. The van der Waals surface area contributed by atoms with Gasteiger partial charge < -0.3 is 14.8 Å². The highest BCUT2D eigenvalue weighted by atomic mass is 35.5. The van der Waals surface area contributed by atoms with Gasteiger partial charge in [-0.25, -0.2) is 4.98 Å². The Bertz CT molecular complexity index is 960. The maximum absolute atomic E-state index is 12.3. The third-order valence-corrected chi connectivity index (χ3v) is 5.30. The van der Waals surface area contributed by atoms with Crippen molar-refractivity contribution >= 4 is 28.8 Å². The predicted octanol–water partition coefficient (Wildman–Crippen LogP) is 3.83. The molecule has 0 saturated heterocycles. The van der Waals surface area contributed by atoms with Crippen molar-refractivity contribution in [1.29, 1.82) is 0 Å². The number of hydrogen-bond acceptors (Lipinski definition) is 6. The van der Waals surface area contributed by atoms with Gasteiger partial charge in [-0.15, -0.1) is 11.3 Å². The van der Waals surface area contributed by atoms with Crippen LogP contribution in [-0.4, -0.2) is 37.1 Å². The molecule has 0 fully saturated rings. The lowest BCUT2D eigenvalue weighted by Gasteiger charge is -2.11. The number of halogens is 1. The van der Waals surface area contributed by atoms with Gasteiger partial charge in [0.15, 0.2) is 0 Å². The van der Waals surface area contributed by atoms with Crippen molar-refractivity contribution in [3.05, 3.63) is 57.1 Å². The average Bonchev–Trinajstić information content (AvgIpc) is 3.12. The van der Waals surface area contributed by atoms with Gasteiger partial charge in [-0.05, 0) is 18.2 Å². The van der Waals surface area contributed by atoms with E-state index in [0.29, 0.717) is 33.5 Å². The second-order valence-electron chi connectivity index (χ2n) is 5.58. The fourth-order valence-electron chi connectivity index (χ4n) is 2.64. The van der Waals surface area contributed by atoms with Gasteiger partial charge in [-0.3, -0.25) is 9.78 Å². The topological polar surface area (TPSA) is 73.3 Å². The van der Waals surface area contributed by atoms with E-state index in [1.54, 1.807) is 45.8 Å². The highest BCUT2D eigenvalue weighted by Crippen LogP contribution is 2.35. The lowest BCUT2D eigenvalue weighted by molar-refractivity contribution is 0.0967. The summed E-state index contributed by atoms with van der Waals surface area (Å²) in [6, 6.07) is 7.20. The van der Waals surface area contributed by atoms with E-state index in [-0.39, 0.29) is 5.91 Å². The third-order valence-electron chi connectivity index (χ3n) is 3.96. The van der Waals surface area contributed by atoms with Crippen LogP contribution in [0.2, 0.25) is 5.02 Å². The number of nitrogens with one attached hydrogen (secondary N) is 1. The monoisotopic (exact) mass is 403 g/mol. The molecule has 0 saturated carbocycles. The number of nitrogens with zero attached hydrogens (tertiary/aromatic N) is 2. The Labute approximate surface area is 166 Å². The van der Waals surface area contributed by atoms with Crippen LogP contribution in [0, 0.1) is 0 Å². The van der Waals surface area contributed by atoms with Gasteiger partial charge in [0.25, 0.3) is 5.91 Å². The first-order chi connectivity index (χ1) is 13.1. The first-order valence-electron chi connectivity index (χ1n) is 8.10. The van der Waals surface area contributed by atoms with Crippen molar-refractivity contribution in [3.63, 3.8) is 0 Å². The smallest absolute Gasteiger partial charge is 0.263 e. The Kier molecular flexibility index (Phi) is 5.93. The van der Waals surface area contributed by atoms with Gasteiger partial charge in [0.1, 0.15) is 16.4 Å². The van der Waals surface area contributed by atoms with E-state index < -0.39 is 0 Å². The van der Waals surface area contributed by atoms with Crippen molar-refractivity contribution in [3.8, 4) is 22.8 Å². The van der Waals surface area contributed by atoms with Gasteiger partial charge in [-0.1, -0.05) is 11.6 Å². The molecule has 1 aromatic carbocycles. The second kappa shape index (κ2) is 8.37. The van der Waals surface area contributed by atoms with E-state index in [1.807, 2.05) is 12.1 Å². The van der Waals surface area contributed by atoms with Crippen LogP contribution in [0.15, 0.2) is 36.7 Å². The summed E-state index contributed by atoms with van der Waals surface area (Å²) in [5.41, 5.74) is 2.34. The number of methoxy groups -OCH3 is 2. The molecule has 3 rings (SSSR count). The predicted molar refractivity (Wildman–Crippen MR) is 106 cm³/mol. The molecular formula is C19H18ClN3O3S. The fourth-order valence-corrected chi connectivity index (χ4v) is 3.95. The van der Waals surface area contributed by atoms with Gasteiger partial charge >= 0.3 is 0 Å². The highest BCUT2D eigenvalue weighted by Gasteiger charge is 2.20. The molecule has 6 nitrogen and oxygen atoms in total. The third kappa shape index (κ3) is 4.04. The molecule has 0 radical (unpaired) electrons. The molecule has 27 heavy (non-hydrogen) atoms. The molecule has 0 spiro atoms. The van der Waals surface area contributed by atoms with E-state index in [0.717, 1.165) is 16.1 Å². The van der Waals surface area contributed by atoms with Gasteiger partial charge in [0.05, 0.1) is 29.9 Å². The molecule has 8 heteroatoms. The number of pyridine rings is 1. The van der Waals surface area contributed by atoms with Crippen molar-refractivity contribution in [2.45, 2.75) is 6.42 Å². The average molecular weight is 404 g/mol. The molecule has 1 N–H and O–H groups in total. The maximum atomic E-state index is 12.3. The zero-order chi connectivity index (χ0) is 19.4. The van der Waals surface area contributed by atoms with Gasteiger partial charge in [0, 0.05) is 43.1 Å². The van der Waals surface area contributed by atoms with E-state index in [9.17, 15) is 4.79 Å². The van der Waals surface area contributed by atoms with Crippen molar-refractivity contribution in [1.82, 2.24) is 15.3 Å². The summed E-state index contributed by atoms with van der Waals surface area (Å²) in [5, 5.41) is 3.94. The summed E-state index contributed by atoms with van der Waals surface area (Å²) in [6.45, 7) is 0. The van der Waals surface area contributed by atoms with E-state index >= 15 is 0 Å². The number of thiazole rings is 1. The maximum Gasteiger partial charge on any atom is 0.263 e. The summed E-state index contributed by atoms with van der Waals surface area (Å²) >= 11 is 7.60. The molecular weight excluding hydrogens is 386 g/mol. The fraction of sp³-hybridized carbons (Fsp3) is 0.211. The van der Waals surface area contributed by atoms with E-state index in [4.69, 9.17) is 26.1 Å². The number of benzene rings is 1. The molecule has 0 aliphatic carbocycles. The van der Waals surface area contributed by atoms with Crippen LogP contribution in [0.4, 0.5) is 0 Å². The molecule has 2 heterocycles. The first kappa shape index (κ1) is 19.1. The summed E-state index contributed by atoms with van der Waals surface area (Å²) in [6.07, 6.45) is 3.83. The van der Waals surface area contributed by atoms with Crippen LogP contribution in [0.5, 0.6) is 11.5 Å². The van der Waals surface area contributed by atoms with Crippen LogP contribution in [0.25, 0.3) is 11.3 Å². The number of hydrogen-bond donors (Lipinski definition) is 1. The number of carbonyl (C=O) groups excluding carboxylic acids is 1. The van der Waals surface area contributed by atoms with Gasteiger partial charge in [0.2, 0.25) is 0 Å². The SMILES string of the molecule is CNC(=O)c1sc(Cc2cc(Cl)c(OC)cc2OC)nc1-c1ccncc1. The molecule has 0 atom stereocenters. The van der Waals surface area contributed by atoms with E-state index in [2.05, 4.69) is 10.3 Å². The summed E-state index contributed by atoms with van der Waals surface area (Å²) in [4.78, 5) is 21.6. The minimum atomic E-state index is -0.176. The molecule has 3 aromatic rings. The Morgan fingerprint density at radius 3 is 2.52 bits per heavy atom. The Morgan fingerprint density at radius 2 is 1.89 bits per heavy atom. The summed E-state index contributed by atoms with van der Waals surface area (Å²) < 4.78 is 10.7. The van der Waals surface area contributed by atoms with Crippen LogP contribution < -0.4 is 14.8 Å². The molecule has 140 valence electrons. The van der Waals surface area contributed by atoms with Crippen molar-refractivity contribution in [2.24, 2.45) is 0 Å². The standard InChI is InChI=1S/C19H18ClN3O3S/c1-21-19(24)18-17(11-4-6-22-7-5-11)23-16(27-18)9-12-8-13(20)15(26-3)10-14(12)25-2/h4-8,10H,9H2,1-3H3,(H,21,24). The number of carbonyl (C=O) groups is 1. The first-order valence-corrected chi connectivity index (χ1v) is 9.29. The largest absolute Gasteiger partial charge is 0.496 e. The zero-order valence-electron chi connectivity index (χ0n) is 15.1. The Hall–Kier alpha value is -2.64. The molecule has 2 aromatic heterocycles. The Balaban J connectivity index is 2.03. The van der Waals surface area contributed by atoms with Crippen LogP contribution in [0.1, 0.15) is 20.2 Å². The van der Waals surface area contributed by atoms with Crippen molar-refractivity contribution in [2.75, 3.05) is 21.3 Å². The normalized spacial score (nSPS) is 10.5. The summed E-state index contributed by atoms with van der Waals surface area (Å²) in [7, 11) is 4.74. The number of rotatable bonds is 6. The number of ether oxygens (including phenoxy) is 2. The molecule has 0 unspecified atom stereocenters. The number of amides is 1. The number of aromatic nitrogens is 2. The molecule has 0 bridgehead atoms. The zero-order valence-corrected chi connectivity index (χ0v) is 16.6. The molecule has 0 aliphatic heterocycles. The highest BCUT2D eigenvalue weighted by molar-refractivity contribution is 7.14. The second-order valence-corrected chi connectivity index (χ2v) is 7.07. The lowest BCUT2D eigenvalue weighted by atomic mass is 10.1. The van der Waals surface area contributed by atoms with Crippen LogP contribution >= 0.6 is 22.9 Å². The van der Waals surface area contributed by atoms with Crippen LogP contribution in [-0.2, 0) is 6.42 Å². The molecule has 1 amide bonds.